The highest BCUT2D eigenvalue weighted by Crippen LogP contribution is 2.49. The largest absolute Gasteiger partial charge is 0.465 e. The lowest BCUT2D eigenvalue weighted by atomic mass is 9.68. The number of likely N-dealkylation sites (tertiary alicyclic amines) is 1. The van der Waals surface area contributed by atoms with Gasteiger partial charge in [0.1, 0.15) is 0 Å². The quantitative estimate of drug-likeness (QED) is 0.0947. The Kier molecular flexibility index (Phi) is 14.3. The second-order valence-corrected chi connectivity index (χ2v) is 14.8. The Morgan fingerprint density at radius 3 is 2.09 bits per heavy atom. The molecule has 2 heterocycles. The van der Waals surface area contributed by atoms with Gasteiger partial charge in [0.15, 0.2) is 0 Å². The number of ether oxygens (including phenoxy) is 1. The van der Waals surface area contributed by atoms with Gasteiger partial charge in [0.25, 0.3) is 0 Å². The number of carbonyl (C=O) groups excluding carboxylic acids is 1. The Labute approximate surface area is 316 Å². The van der Waals surface area contributed by atoms with E-state index in [0.717, 1.165) is 23.8 Å². The van der Waals surface area contributed by atoms with Crippen LogP contribution in [-0.4, -0.2) is 57.2 Å². The van der Waals surface area contributed by atoms with Gasteiger partial charge in [0, 0.05) is 24.5 Å². The van der Waals surface area contributed by atoms with Crippen molar-refractivity contribution >= 4 is 11.7 Å². The van der Waals surface area contributed by atoms with Crippen molar-refractivity contribution in [3.05, 3.63) is 75.0 Å². The summed E-state index contributed by atoms with van der Waals surface area (Å²) in [7, 11) is 1.47. The Balaban J connectivity index is 1.80. The van der Waals surface area contributed by atoms with Gasteiger partial charge in [-0.2, -0.15) is 44.6 Å². The summed E-state index contributed by atoms with van der Waals surface area (Å²) in [4.78, 5) is 16.0. The van der Waals surface area contributed by atoms with E-state index in [9.17, 15) is 44.3 Å². The van der Waals surface area contributed by atoms with E-state index in [1.807, 2.05) is 23.6 Å². The first kappa shape index (κ1) is 43.9. The van der Waals surface area contributed by atoms with Crippen LogP contribution in [0.3, 0.4) is 0 Å². The van der Waals surface area contributed by atoms with E-state index in [1.54, 1.807) is 6.92 Å². The van der Waals surface area contributed by atoms with Crippen LogP contribution < -0.4 is 10.3 Å². The van der Waals surface area contributed by atoms with Gasteiger partial charge in [-0.15, -0.1) is 0 Å². The number of nitrogens with one attached hydrogen (secondary N) is 1. The number of anilines is 1. The van der Waals surface area contributed by atoms with Crippen LogP contribution in [0.25, 0.3) is 0 Å². The maximum Gasteiger partial charge on any atom is 0.416 e. The van der Waals surface area contributed by atoms with Crippen molar-refractivity contribution in [3.8, 4) is 0 Å². The molecule has 1 saturated heterocycles. The minimum absolute atomic E-state index is 0.0245. The van der Waals surface area contributed by atoms with Gasteiger partial charge >= 0.3 is 24.5 Å². The van der Waals surface area contributed by atoms with Gasteiger partial charge < -0.3 is 9.64 Å². The monoisotopic (exact) mass is 791 g/mol. The van der Waals surface area contributed by atoms with E-state index in [2.05, 4.69) is 15.8 Å². The van der Waals surface area contributed by atoms with Crippen LogP contribution in [0, 0.1) is 12.8 Å². The predicted octanol–water partition coefficient (Wildman–Crippen LogP) is 10.5. The van der Waals surface area contributed by atoms with E-state index in [0.29, 0.717) is 81.7 Å². The summed E-state index contributed by atoms with van der Waals surface area (Å²) in [6.07, 6.45) is -11.8. The number of nitrogens with zero attached hydrogens (tertiary/aromatic N) is 4. The smallest absolute Gasteiger partial charge is 0.416 e. The van der Waals surface area contributed by atoms with Gasteiger partial charge in [0.2, 0.25) is 0 Å². The normalized spacial score (nSPS) is 19.0. The van der Waals surface area contributed by atoms with Crippen LogP contribution in [0.4, 0.5) is 45.2 Å². The molecule has 0 radical (unpaired) electrons. The Hall–Kier alpha value is -3.82. The first-order valence-corrected chi connectivity index (χ1v) is 18.5. The third kappa shape index (κ3) is 11.6. The van der Waals surface area contributed by atoms with E-state index in [4.69, 9.17) is 4.74 Å². The summed E-state index contributed by atoms with van der Waals surface area (Å²) >= 11 is 0. The molecule has 4 rings (SSSR count). The molecule has 1 N–H and O–H groups in total. The van der Waals surface area contributed by atoms with Crippen molar-refractivity contribution in [2.75, 3.05) is 51.3 Å². The molecule has 0 bridgehead atoms. The first-order chi connectivity index (χ1) is 25.7. The molecule has 0 unspecified atom stereocenters. The predicted molar refractivity (Wildman–Crippen MR) is 191 cm³/mol. The number of rotatable bonds is 13. The van der Waals surface area contributed by atoms with Gasteiger partial charge in [0.05, 0.1) is 36.9 Å². The number of esters is 1. The zero-order valence-electron chi connectivity index (χ0n) is 31.9. The van der Waals surface area contributed by atoms with Gasteiger partial charge in [-0.3, -0.25) is 15.1 Å². The van der Waals surface area contributed by atoms with Crippen LogP contribution in [0.5, 0.6) is 0 Å². The zero-order chi connectivity index (χ0) is 40.8. The number of benzene rings is 2. The zero-order valence-corrected chi connectivity index (χ0v) is 31.9. The van der Waals surface area contributed by atoms with Crippen LogP contribution in [0.15, 0.2) is 51.9 Å². The molecule has 306 valence electrons. The minimum atomic E-state index is -5.03. The van der Waals surface area contributed by atoms with Crippen LogP contribution in [-0.2, 0) is 39.9 Å². The number of alkyl halides is 9. The maximum absolute atomic E-state index is 14.5. The molecule has 7 nitrogen and oxygen atoms in total. The highest BCUT2D eigenvalue weighted by molar-refractivity contribution is 5.71. The number of piperidine rings is 1. The second kappa shape index (κ2) is 18.0. The summed E-state index contributed by atoms with van der Waals surface area (Å²) in [6.45, 7) is 9.29. The van der Waals surface area contributed by atoms with Crippen molar-refractivity contribution in [2.45, 2.75) is 103 Å². The maximum atomic E-state index is 14.5. The Morgan fingerprint density at radius 2 is 1.55 bits per heavy atom. The molecule has 0 amide bonds. The SMILES string of the molecule is CCOC(=O)CN1CCC(CN2CCC[C@@](CCC(NN=NC)=C(C)C)(CCc3cc(C(F)(F)F)cc(C(F)(F)F)c3)c3cc(C)c(C(F)(F)F)cc32)CC1. The molecule has 16 heteroatoms. The minimum Gasteiger partial charge on any atom is -0.465 e. The molecule has 0 aliphatic carbocycles. The highest BCUT2D eigenvalue weighted by Gasteiger charge is 2.42. The third-order valence-electron chi connectivity index (χ3n) is 10.8. The molecule has 0 saturated carbocycles. The molecular formula is C39H50F9N5O2. The molecule has 2 aromatic carbocycles. The van der Waals surface area contributed by atoms with E-state index >= 15 is 0 Å². The summed E-state index contributed by atoms with van der Waals surface area (Å²) in [6, 6.07) is 4.23. The van der Waals surface area contributed by atoms with Crippen LogP contribution in [0.2, 0.25) is 0 Å². The van der Waals surface area contributed by atoms with Crippen molar-refractivity contribution in [1.82, 2.24) is 10.3 Å². The Morgan fingerprint density at radius 1 is 0.909 bits per heavy atom. The number of hydrogen-bond donors (Lipinski definition) is 1. The van der Waals surface area contributed by atoms with Crippen molar-refractivity contribution in [2.24, 2.45) is 16.3 Å². The van der Waals surface area contributed by atoms with Gasteiger partial charge in [-0.25, -0.2) is 0 Å². The lowest BCUT2D eigenvalue weighted by molar-refractivity contribution is -0.145. The molecule has 0 spiro atoms. The average molecular weight is 792 g/mol. The van der Waals surface area contributed by atoms with Gasteiger partial charge in [-0.05, 0) is 144 Å². The number of aryl methyl sites for hydroxylation is 2. The average Bonchev–Trinajstić information content (AvgIpc) is 3.22. The highest BCUT2D eigenvalue weighted by atomic mass is 19.4. The number of allylic oxidation sites excluding steroid dienone is 2. The molecule has 55 heavy (non-hydrogen) atoms. The Bertz CT molecular complexity index is 1660. The molecule has 2 aliphatic heterocycles. The second-order valence-electron chi connectivity index (χ2n) is 14.8. The topological polar surface area (TPSA) is 69.5 Å². The number of hydrogen-bond acceptors (Lipinski definition) is 6. The third-order valence-corrected chi connectivity index (χ3v) is 10.8. The lowest BCUT2D eigenvalue weighted by Crippen LogP contribution is -2.41. The van der Waals surface area contributed by atoms with E-state index in [1.165, 1.54) is 20.0 Å². The van der Waals surface area contributed by atoms with Crippen molar-refractivity contribution in [3.63, 3.8) is 0 Å². The summed E-state index contributed by atoms with van der Waals surface area (Å²) in [5.74, 6) is -0.223. The van der Waals surface area contributed by atoms with Crippen molar-refractivity contribution in [1.29, 1.82) is 0 Å². The van der Waals surface area contributed by atoms with E-state index in [-0.39, 0.29) is 55.1 Å². The molecule has 1 atom stereocenters. The first-order valence-electron chi connectivity index (χ1n) is 18.5. The van der Waals surface area contributed by atoms with Crippen molar-refractivity contribution < 1.29 is 49.0 Å². The molecule has 1 fully saturated rings. The fourth-order valence-corrected chi connectivity index (χ4v) is 7.85. The molecular weight excluding hydrogens is 741 g/mol. The lowest BCUT2D eigenvalue weighted by Gasteiger charge is -2.38. The van der Waals surface area contributed by atoms with Crippen LogP contribution in [0.1, 0.15) is 99.1 Å². The summed E-state index contributed by atoms with van der Waals surface area (Å²) in [5.41, 5.74) is 0.648. The van der Waals surface area contributed by atoms with Gasteiger partial charge in [-0.1, -0.05) is 16.9 Å². The fourth-order valence-electron chi connectivity index (χ4n) is 7.85. The standard InChI is InChI=1S/C39H50F9N5O2/c1-6-55-35(54)24-52-16-10-27(11-17-52)23-53-15-7-12-36(14-9-33(25(2)3)50-51-49-5,32-18-26(4)31(22-34(32)53)39(46,47)48)13-8-28-19-29(37(40,41)42)21-30(20-28)38(43,44)45/h18-22,27H,6-17,23-24H2,1-5H3,(H,49,50)/t36-/m0/s1. The van der Waals surface area contributed by atoms with E-state index < -0.39 is 40.6 Å². The molecule has 2 aromatic rings. The number of carbonyl (C=O) groups is 1. The molecule has 2 aliphatic rings. The summed E-state index contributed by atoms with van der Waals surface area (Å²) < 4.78 is 132. The fraction of sp³-hybridized carbons (Fsp3) is 0.615. The number of halogens is 9. The van der Waals surface area contributed by atoms with Crippen LogP contribution >= 0.6 is 0 Å². The summed E-state index contributed by atoms with van der Waals surface area (Å²) in [5, 5.41) is 7.65. The molecule has 0 aromatic heterocycles. The number of fused-ring (bicyclic) bond motifs is 1.